The summed E-state index contributed by atoms with van der Waals surface area (Å²) in [6, 6.07) is 5.48. The van der Waals surface area contributed by atoms with Crippen LogP contribution in [0.5, 0.6) is 5.75 Å². The van der Waals surface area contributed by atoms with Gasteiger partial charge in [-0.1, -0.05) is 25.6 Å². The van der Waals surface area contributed by atoms with Gasteiger partial charge in [0.15, 0.2) is 11.9 Å². The number of Topliss-reactive ketones (excluding diaryl/α,β-unsaturated/α-hetero) is 1. The molecule has 0 aliphatic heterocycles. The number of rotatable bonds is 9. The summed E-state index contributed by atoms with van der Waals surface area (Å²) in [5, 5.41) is 7.88. The van der Waals surface area contributed by atoms with Gasteiger partial charge >= 0.3 is 5.69 Å². The number of nitrogens with two attached hydrogens (primary N) is 1. The van der Waals surface area contributed by atoms with E-state index in [1.165, 1.54) is 35.9 Å². The fourth-order valence-corrected chi connectivity index (χ4v) is 3.64. The molecule has 176 valence electrons. The number of anilines is 1. The number of ether oxygens (including phenoxy) is 1. The van der Waals surface area contributed by atoms with E-state index in [0.717, 1.165) is 16.3 Å². The third-order valence-corrected chi connectivity index (χ3v) is 5.45. The van der Waals surface area contributed by atoms with Crippen molar-refractivity contribution in [3.05, 3.63) is 62.4 Å². The van der Waals surface area contributed by atoms with E-state index in [2.05, 4.69) is 10.2 Å². The number of benzene rings is 1. The molecule has 33 heavy (non-hydrogen) atoms. The number of nitrogens with zero attached hydrogens (tertiary/aromatic N) is 4. The first kappa shape index (κ1) is 24.2. The first-order valence-electron chi connectivity index (χ1n) is 10.1. The highest BCUT2D eigenvalue weighted by molar-refractivity contribution is 7.99. The lowest BCUT2D eigenvalue weighted by Gasteiger charge is -2.15. The number of thioether (sulfide) groups is 1. The Morgan fingerprint density at radius 1 is 1.21 bits per heavy atom. The van der Waals surface area contributed by atoms with Gasteiger partial charge in [0, 0.05) is 13.6 Å². The maximum absolute atomic E-state index is 13.0. The van der Waals surface area contributed by atoms with Crippen LogP contribution in [0.3, 0.4) is 0 Å². The molecule has 2 N–H and O–H groups in total. The van der Waals surface area contributed by atoms with E-state index in [-0.39, 0.29) is 46.5 Å². The second-order valence-corrected chi connectivity index (χ2v) is 8.67. The van der Waals surface area contributed by atoms with Crippen LogP contribution in [-0.2, 0) is 13.6 Å². The van der Waals surface area contributed by atoms with Crippen molar-refractivity contribution in [2.75, 3.05) is 11.5 Å². The largest absolute Gasteiger partial charge is 0.481 e. The molecule has 0 bridgehead atoms. The molecule has 3 aromatic rings. The van der Waals surface area contributed by atoms with Gasteiger partial charge in [0.1, 0.15) is 22.9 Å². The third kappa shape index (κ3) is 5.51. The smallest absolute Gasteiger partial charge is 0.332 e. The lowest BCUT2D eigenvalue weighted by atomic mass is 10.2. The number of carbonyl (C=O) groups excluding carboxylic acids is 1. The summed E-state index contributed by atoms with van der Waals surface area (Å²) >= 11 is 0.931. The van der Waals surface area contributed by atoms with Crippen LogP contribution in [0.1, 0.15) is 43.1 Å². The average molecular weight is 478 g/mol. The maximum Gasteiger partial charge on any atom is 0.332 e. The van der Waals surface area contributed by atoms with E-state index in [0.29, 0.717) is 5.75 Å². The van der Waals surface area contributed by atoms with E-state index >= 15 is 0 Å². The normalized spacial score (nSPS) is 12.2. The van der Waals surface area contributed by atoms with Crippen LogP contribution >= 0.6 is 11.8 Å². The summed E-state index contributed by atoms with van der Waals surface area (Å²) in [4.78, 5) is 37.7. The Morgan fingerprint density at radius 2 is 1.88 bits per heavy atom. The van der Waals surface area contributed by atoms with Gasteiger partial charge in [-0.05, 0) is 37.1 Å². The number of hydrogen-bond acceptors (Lipinski definition) is 9. The Balaban J connectivity index is 1.72. The highest BCUT2D eigenvalue weighted by atomic mass is 32.2. The summed E-state index contributed by atoms with van der Waals surface area (Å²) in [6.07, 6.45) is -0.615. The molecule has 10 nitrogen and oxygen atoms in total. The van der Waals surface area contributed by atoms with Crippen molar-refractivity contribution in [1.82, 2.24) is 19.3 Å². The van der Waals surface area contributed by atoms with Gasteiger partial charge in [-0.15, -0.1) is 10.2 Å². The highest BCUT2D eigenvalue weighted by Crippen LogP contribution is 2.24. The molecule has 0 fully saturated rings. The topological polar surface area (TPSA) is 135 Å². The van der Waals surface area contributed by atoms with Crippen molar-refractivity contribution in [3.63, 3.8) is 0 Å². The molecule has 0 amide bonds. The molecule has 0 aliphatic rings. The number of aromatic nitrogens is 4. The number of halogens is 1. The zero-order chi connectivity index (χ0) is 24.3. The van der Waals surface area contributed by atoms with Crippen molar-refractivity contribution < 1.29 is 18.3 Å². The highest BCUT2D eigenvalue weighted by Gasteiger charge is 2.23. The Labute approximate surface area is 192 Å². The fourth-order valence-electron chi connectivity index (χ4n) is 3.00. The third-order valence-electron chi connectivity index (χ3n) is 4.63. The minimum absolute atomic E-state index is 0.0794. The van der Waals surface area contributed by atoms with E-state index < -0.39 is 23.1 Å². The second kappa shape index (κ2) is 10.0. The van der Waals surface area contributed by atoms with Crippen LogP contribution in [0.15, 0.2) is 43.5 Å². The summed E-state index contributed by atoms with van der Waals surface area (Å²) in [7, 11) is 1.30. The first-order chi connectivity index (χ1) is 15.6. The predicted octanol–water partition coefficient (Wildman–Crippen LogP) is 2.42. The van der Waals surface area contributed by atoms with Gasteiger partial charge in [-0.25, -0.2) is 9.18 Å². The molecule has 0 spiro atoms. The van der Waals surface area contributed by atoms with Crippen LogP contribution in [0.4, 0.5) is 10.2 Å². The predicted molar refractivity (Wildman–Crippen MR) is 120 cm³/mol. The fraction of sp³-hybridized carbons (Fsp3) is 0.381. The summed E-state index contributed by atoms with van der Waals surface area (Å²) in [6.45, 7) is 5.73. The maximum atomic E-state index is 13.0. The van der Waals surface area contributed by atoms with Crippen LogP contribution in [0, 0.1) is 11.7 Å². The first-order valence-corrected chi connectivity index (χ1v) is 11.1. The summed E-state index contributed by atoms with van der Waals surface area (Å²) in [5.41, 5.74) is 4.44. The van der Waals surface area contributed by atoms with Gasteiger partial charge < -0.3 is 14.9 Å². The second-order valence-electron chi connectivity index (χ2n) is 7.74. The molecule has 2 aromatic heterocycles. The Bertz CT molecular complexity index is 1270. The van der Waals surface area contributed by atoms with Crippen molar-refractivity contribution in [3.8, 4) is 5.75 Å². The molecule has 0 saturated carbocycles. The van der Waals surface area contributed by atoms with E-state index in [4.69, 9.17) is 14.9 Å². The quantitative estimate of drug-likeness (QED) is 0.364. The lowest BCUT2D eigenvalue weighted by molar-refractivity contribution is 0.102. The van der Waals surface area contributed by atoms with Gasteiger partial charge in [-0.3, -0.25) is 18.7 Å². The van der Waals surface area contributed by atoms with Gasteiger partial charge in [0.25, 0.3) is 16.7 Å². The number of nitrogen functional groups attached to an aromatic ring is 1. The minimum atomic E-state index is -0.754. The molecule has 1 atom stereocenters. The van der Waals surface area contributed by atoms with Crippen LogP contribution in [0.2, 0.25) is 0 Å². The molecule has 0 aliphatic carbocycles. The number of carbonyl (C=O) groups is 1. The Morgan fingerprint density at radius 3 is 2.52 bits per heavy atom. The van der Waals surface area contributed by atoms with Crippen molar-refractivity contribution in [2.45, 2.75) is 38.6 Å². The Hall–Kier alpha value is -3.41. The SMILES string of the molecule is CC(C)Cn1c(N)c(C(=O)CSc2nnc([C@@H](C)Oc3ccc(F)cc3)o2)c(=O)n(C)c1=O. The van der Waals surface area contributed by atoms with E-state index in [1.807, 2.05) is 13.8 Å². The molecular weight excluding hydrogens is 453 g/mol. The van der Waals surface area contributed by atoms with Crippen LogP contribution in [-0.4, -0.2) is 30.9 Å². The standard InChI is InChI=1S/C21H24FN5O5S/c1-11(2)9-27-17(23)16(19(29)26(4)21(27)30)15(28)10-33-20-25-24-18(32-20)12(3)31-14-7-5-13(22)6-8-14/h5-8,11-12H,9-10,23H2,1-4H3/t12-/m1/s1. The molecule has 3 rings (SSSR count). The van der Waals surface area contributed by atoms with E-state index in [9.17, 15) is 18.8 Å². The monoisotopic (exact) mass is 477 g/mol. The van der Waals surface area contributed by atoms with Crippen molar-refractivity contribution in [2.24, 2.45) is 13.0 Å². The number of ketones is 1. The van der Waals surface area contributed by atoms with Gasteiger partial charge in [0.05, 0.1) is 5.75 Å². The van der Waals surface area contributed by atoms with Crippen LogP contribution < -0.4 is 21.7 Å². The molecule has 0 radical (unpaired) electrons. The van der Waals surface area contributed by atoms with E-state index in [1.54, 1.807) is 6.92 Å². The Kier molecular flexibility index (Phi) is 7.36. The molecular formula is C21H24FN5O5S. The lowest BCUT2D eigenvalue weighted by Crippen LogP contribution is -2.43. The molecule has 0 saturated heterocycles. The van der Waals surface area contributed by atoms with Crippen molar-refractivity contribution in [1.29, 1.82) is 0 Å². The summed E-state index contributed by atoms with van der Waals surface area (Å²) < 4.78 is 26.3. The van der Waals surface area contributed by atoms with Crippen molar-refractivity contribution >= 4 is 23.4 Å². The summed E-state index contributed by atoms with van der Waals surface area (Å²) in [5.74, 6) is -0.638. The van der Waals surface area contributed by atoms with Crippen LogP contribution in [0.25, 0.3) is 0 Å². The van der Waals surface area contributed by atoms with Gasteiger partial charge in [0.2, 0.25) is 0 Å². The van der Waals surface area contributed by atoms with Gasteiger partial charge in [-0.2, -0.15) is 0 Å². The number of hydrogen-bond donors (Lipinski definition) is 1. The zero-order valence-electron chi connectivity index (χ0n) is 18.6. The molecule has 1 aromatic carbocycles. The molecule has 2 heterocycles. The molecule has 12 heteroatoms. The zero-order valence-corrected chi connectivity index (χ0v) is 19.4. The molecule has 0 unspecified atom stereocenters. The minimum Gasteiger partial charge on any atom is -0.481 e. The average Bonchev–Trinajstić information content (AvgIpc) is 3.25.